The van der Waals surface area contributed by atoms with Crippen molar-refractivity contribution in [3.63, 3.8) is 0 Å². The van der Waals surface area contributed by atoms with Gasteiger partial charge in [0.1, 0.15) is 5.69 Å². The summed E-state index contributed by atoms with van der Waals surface area (Å²) in [4.78, 5) is 2.28. The summed E-state index contributed by atoms with van der Waals surface area (Å²) in [7, 11) is 2.12. The molecule has 1 aliphatic heterocycles. The van der Waals surface area contributed by atoms with Crippen LogP contribution >= 0.6 is 11.6 Å². The predicted octanol–water partition coefficient (Wildman–Crippen LogP) is 2.42. The predicted molar refractivity (Wildman–Crippen MR) is 85.9 cm³/mol. The number of nitrogens with one attached hydrogen (secondary N) is 1. The van der Waals surface area contributed by atoms with Crippen LogP contribution in [0.1, 0.15) is 5.76 Å². The standard InChI is InChI=1S/C16H20ClN3O2/c1-20-6-7-21-15(11-20)10-18-9-14-8-16(19-22-14)12-2-4-13(17)5-3-12/h2-5,8,15,18H,6-7,9-11H2,1H3/t15-/m0/s1. The lowest BCUT2D eigenvalue weighted by Gasteiger charge is -2.30. The number of benzene rings is 1. The van der Waals surface area contributed by atoms with Gasteiger partial charge in [-0.05, 0) is 19.2 Å². The number of morpholine rings is 1. The third-order valence-electron chi connectivity index (χ3n) is 3.71. The van der Waals surface area contributed by atoms with Crippen LogP contribution in [0.4, 0.5) is 0 Å². The summed E-state index contributed by atoms with van der Waals surface area (Å²) >= 11 is 5.89. The molecule has 5 nitrogen and oxygen atoms in total. The van der Waals surface area contributed by atoms with Crippen molar-refractivity contribution in [2.24, 2.45) is 0 Å². The maximum absolute atomic E-state index is 5.89. The zero-order valence-electron chi connectivity index (χ0n) is 12.6. The molecule has 0 amide bonds. The van der Waals surface area contributed by atoms with Crippen LogP contribution in [0.3, 0.4) is 0 Å². The van der Waals surface area contributed by atoms with E-state index in [2.05, 4.69) is 22.4 Å². The van der Waals surface area contributed by atoms with Gasteiger partial charge in [0.05, 0.1) is 19.3 Å². The highest BCUT2D eigenvalue weighted by Crippen LogP contribution is 2.21. The molecule has 1 aliphatic rings. The second kappa shape index (κ2) is 7.24. The Kier molecular flexibility index (Phi) is 5.10. The Morgan fingerprint density at radius 1 is 1.36 bits per heavy atom. The number of rotatable bonds is 5. The van der Waals surface area contributed by atoms with Gasteiger partial charge < -0.3 is 19.5 Å². The highest BCUT2D eigenvalue weighted by molar-refractivity contribution is 6.30. The van der Waals surface area contributed by atoms with E-state index in [1.165, 1.54) is 0 Å². The van der Waals surface area contributed by atoms with Gasteiger partial charge in [0, 0.05) is 36.3 Å². The zero-order chi connectivity index (χ0) is 15.4. The van der Waals surface area contributed by atoms with Gasteiger partial charge in [0.15, 0.2) is 5.76 Å². The summed E-state index contributed by atoms with van der Waals surface area (Å²) in [6.45, 7) is 4.21. The number of hydrogen-bond donors (Lipinski definition) is 1. The van der Waals surface area contributed by atoms with Gasteiger partial charge in [-0.2, -0.15) is 0 Å². The van der Waals surface area contributed by atoms with Crippen LogP contribution in [-0.2, 0) is 11.3 Å². The summed E-state index contributed by atoms with van der Waals surface area (Å²) in [6.07, 6.45) is 0.234. The summed E-state index contributed by atoms with van der Waals surface area (Å²) in [5.74, 6) is 0.814. The van der Waals surface area contributed by atoms with Gasteiger partial charge >= 0.3 is 0 Å². The van der Waals surface area contributed by atoms with Crippen LogP contribution < -0.4 is 5.32 Å². The fraction of sp³-hybridized carbons (Fsp3) is 0.438. The molecule has 1 aromatic heterocycles. The van der Waals surface area contributed by atoms with E-state index < -0.39 is 0 Å². The fourth-order valence-electron chi connectivity index (χ4n) is 2.50. The maximum atomic E-state index is 5.89. The second-order valence-electron chi connectivity index (χ2n) is 5.57. The van der Waals surface area contributed by atoms with Crippen molar-refractivity contribution < 1.29 is 9.26 Å². The topological polar surface area (TPSA) is 50.5 Å². The second-order valence-corrected chi connectivity index (χ2v) is 6.01. The monoisotopic (exact) mass is 321 g/mol. The molecule has 2 aromatic rings. The Labute approximate surface area is 135 Å². The van der Waals surface area contributed by atoms with Gasteiger partial charge in [-0.1, -0.05) is 28.9 Å². The van der Waals surface area contributed by atoms with E-state index in [9.17, 15) is 0 Å². The van der Waals surface area contributed by atoms with Gasteiger partial charge in [-0.3, -0.25) is 0 Å². The Morgan fingerprint density at radius 2 is 2.18 bits per heavy atom. The van der Waals surface area contributed by atoms with Crippen LogP contribution in [0.15, 0.2) is 34.9 Å². The minimum atomic E-state index is 0.234. The molecule has 22 heavy (non-hydrogen) atoms. The molecule has 1 aromatic carbocycles. The molecule has 2 heterocycles. The van der Waals surface area contributed by atoms with E-state index in [1.807, 2.05) is 30.3 Å². The molecule has 3 rings (SSSR count). The SMILES string of the molecule is CN1CCO[C@@H](CNCc2cc(-c3ccc(Cl)cc3)no2)C1. The van der Waals surface area contributed by atoms with Crippen LogP contribution in [0, 0.1) is 0 Å². The van der Waals surface area contributed by atoms with Crippen molar-refractivity contribution >= 4 is 11.6 Å². The Hall–Kier alpha value is -1.40. The number of nitrogens with zero attached hydrogens (tertiary/aromatic N) is 2. The summed E-state index contributed by atoms with van der Waals surface area (Å²) < 4.78 is 11.1. The van der Waals surface area contributed by atoms with Crippen molar-refractivity contribution in [3.05, 3.63) is 41.1 Å². The van der Waals surface area contributed by atoms with Crippen molar-refractivity contribution in [2.75, 3.05) is 33.3 Å². The molecule has 1 saturated heterocycles. The van der Waals surface area contributed by atoms with E-state index in [0.29, 0.717) is 11.6 Å². The molecule has 1 N–H and O–H groups in total. The third-order valence-corrected chi connectivity index (χ3v) is 3.96. The molecule has 0 unspecified atom stereocenters. The number of likely N-dealkylation sites (N-methyl/N-ethyl adjacent to an activating group) is 1. The molecule has 0 bridgehead atoms. The average molecular weight is 322 g/mol. The Balaban J connectivity index is 1.50. The molecule has 6 heteroatoms. The highest BCUT2D eigenvalue weighted by atomic mass is 35.5. The Bertz CT molecular complexity index is 600. The van der Waals surface area contributed by atoms with Crippen LogP contribution in [0.2, 0.25) is 5.02 Å². The summed E-state index contributed by atoms with van der Waals surface area (Å²) in [5.41, 5.74) is 1.82. The minimum Gasteiger partial charge on any atom is -0.374 e. The quantitative estimate of drug-likeness (QED) is 0.916. The van der Waals surface area contributed by atoms with E-state index >= 15 is 0 Å². The van der Waals surface area contributed by atoms with E-state index in [4.69, 9.17) is 20.9 Å². The highest BCUT2D eigenvalue weighted by Gasteiger charge is 2.17. The first-order valence-corrected chi connectivity index (χ1v) is 7.81. The number of ether oxygens (including phenoxy) is 1. The lowest BCUT2D eigenvalue weighted by atomic mass is 10.1. The van der Waals surface area contributed by atoms with Crippen molar-refractivity contribution in [3.8, 4) is 11.3 Å². The normalized spacial score (nSPS) is 19.5. The Morgan fingerprint density at radius 3 is 2.95 bits per heavy atom. The average Bonchev–Trinajstić information content (AvgIpc) is 2.97. The van der Waals surface area contributed by atoms with Gasteiger partial charge in [0.2, 0.25) is 0 Å². The molecular weight excluding hydrogens is 302 g/mol. The zero-order valence-corrected chi connectivity index (χ0v) is 13.3. The van der Waals surface area contributed by atoms with Crippen LogP contribution in [0.5, 0.6) is 0 Å². The van der Waals surface area contributed by atoms with E-state index in [1.54, 1.807) is 0 Å². The largest absolute Gasteiger partial charge is 0.374 e. The summed E-state index contributed by atoms with van der Waals surface area (Å²) in [6, 6.07) is 9.51. The fourth-order valence-corrected chi connectivity index (χ4v) is 2.63. The van der Waals surface area contributed by atoms with E-state index in [-0.39, 0.29) is 6.10 Å². The summed E-state index contributed by atoms with van der Waals surface area (Å²) in [5, 5.41) is 8.17. The first-order valence-electron chi connectivity index (χ1n) is 7.43. The first kappa shape index (κ1) is 15.5. The lowest BCUT2D eigenvalue weighted by molar-refractivity contribution is -0.0184. The molecule has 0 saturated carbocycles. The molecule has 0 aliphatic carbocycles. The van der Waals surface area contributed by atoms with Crippen molar-refractivity contribution in [1.82, 2.24) is 15.4 Å². The molecule has 118 valence electrons. The number of aromatic nitrogens is 1. The third kappa shape index (κ3) is 4.08. The molecule has 0 radical (unpaired) electrons. The molecule has 1 atom stereocenters. The smallest absolute Gasteiger partial charge is 0.151 e. The van der Waals surface area contributed by atoms with E-state index in [0.717, 1.165) is 43.3 Å². The number of halogens is 1. The molecular formula is C16H20ClN3O2. The maximum Gasteiger partial charge on any atom is 0.151 e. The molecule has 1 fully saturated rings. The van der Waals surface area contributed by atoms with Gasteiger partial charge in [0.25, 0.3) is 0 Å². The van der Waals surface area contributed by atoms with Crippen LogP contribution in [0.25, 0.3) is 11.3 Å². The molecule has 0 spiro atoms. The van der Waals surface area contributed by atoms with Gasteiger partial charge in [-0.15, -0.1) is 0 Å². The van der Waals surface area contributed by atoms with Crippen molar-refractivity contribution in [1.29, 1.82) is 0 Å². The minimum absolute atomic E-state index is 0.234. The first-order chi connectivity index (χ1) is 10.7. The van der Waals surface area contributed by atoms with Crippen LogP contribution in [-0.4, -0.2) is 49.4 Å². The number of hydrogen-bond acceptors (Lipinski definition) is 5. The van der Waals surface area contributed by atoms with Crippen molar-refractivity contribution in [2.45, 2.75) is 12.6 Å². The lowest BCUT2D eigenvalue weighted by Crippen LogP contribution is -2.44. The van der Waals surface area contributed by atoms with Gasteiger partial charge in [-0.25, -0.2) is 0 Å².